The van der Waals surface area contributed by atoms with Crippen molar-refractivity contribution in [3.8, 4) is 0 Å². The molecule has 2 saturated heterocycles. The molecule has 0 bridgehead atoms. The van der Waals surface area contributed by atoms with Crippen molar-refractivity contribution in [1.82, 2.24) is 15.5 Å². The summed E-state index contributed by atoms with van der Waals surface area (Å²) in [5.74, 6) is 0. The van der Waals surface area contributed by atoms with E-state index in [2.05, 4.69) is 38.6 Å². The number of carbonyl (C=O) groups is 1. The SMILES string of the molecule is O=C(O)N(Cc1ccccc1)Cc1c(N2CCNCC2)cccc1N1CCNCC1. The highest BCUT2D eigenvalue weighted by Gasteiger charge is 2.24. The molecule has 4 rings (SSSR count). The number of benzene rings is 2. The minimum absolute atomic E-state index is 0.379. The Labute approximate surface area is 178 Å². The number of nitrogens with one attached hydrogen (secondary N) is 2. The zero-order valence-electron chi connectivity index (χ0n) is 17.4. The lowest BCUT2D eigenvalue weighted by Crippen LogP contribution is -2.46. The lowest BCUT2D eigenvalue weighted by Gasteiger charge is -2.36. The van der Waals surface area contributed by atoms with E-state index in [0.717, 1.165) is 74.9 Å². The molecule has 2 aromatic rings. The molecular weight excluding hydrogens is 378 g/mol. The summed E-state index contributed by atoms with van der Waals surface area (Å²) < 4.78 is 0. The second kappa shape index (κ2) is 9.82. The van der Waals surface area contributed by atoms with Gasteiger partial charge in [0.2, 0.25) is 0 Å². The maximum absolute atomic E-state index is 12.2. The van der Waals surface area contributed by atoms with Crippen molar-refractivity contribution in [2.24, 2.45) is 0 Å². The minimum Gasteiger partial charge on any atom is -0.465 e. The van der Waals surface area contributed by atoms with E-state index in [1.165, 1.54) is 4.90 Å². The summed E-state index contributed by atoms with van der Waals surface area (Å²) in [6.07, 6.45) is -0.889. The van der Waals surface area contributed by atoms with E-state index in [1.807, 2.05) is 30.3 Å². The number of rotatable bonds is 6. The normalized spacial score (nSPS) is 17.1. The van der Waals surface area contributed by atoms with Crippen LogP contribution in [0.5, 0.6) is 0 Å². The average molecular weight is 410 g/mol. The van der Waals surface area contributed by atoms with Gasteiger partial charge in [-0.05, 0) is 17.7 Å². The van der Waals surface area contributed by atoms with Crippen LogP contribution in [0.3, 0.4) is 0 Å². The van der Waals surface area contributed by atoms with E-state index in [4.69, 9.17) is 0 Å². The third-order valence-electron chi connectivity index (χ3n) is 5.88. The molecule has 0 aliphatic carbocycles. The zero-order chi connectivity index (χ0) is 20.8. The Morgan fingerprint density at radius 2 is 1.33 bits per heavy atom. The van der Waals surface area contributed by atoms with Crippen molar-refractivity contribution in [2.75, 3.05) is 62.2 Å². The number of amides is 1. The number of carboxylic acid groups (broad SMARTS) is 1. The van der Waals surface area contributed by atoms with Crippen molar-refractivity contribution in [2.45, 2.75) is 13.1 Å². The molecule has 0 saturated carbocycles. The molecule has 0 aromatic heterocycles. The summed E-state index contributed by atoms with van der Waals surface area (Å²) in [6, 6.07) is 16.2. The summed E-state index contributed by atoms with van der Waals surface area (Å²) >= 11 is 0. The first kappa shape index (κ1) is 20.5. The minimum atomic E-state index is -0.889. The number of hydrogen-bond acceptors (Lipinski definition) is 5. The van der Waals surface area contributed by atoms with Crippen LogP contribution in [0.1, 0.15) is 11.1 Å². The topological polar surface area (TPSA) is 71.1 Å². The Balaban J connectivity index is 1.67. The third kappa shape index (κ3) is 4.86. The Bertz CT molecular complexity index is 796. The number of hydrogen-bond donors (Lipinski definition) is 3. The standard InChI is InChI=1S/C23H31N5O2/c29-23(30)28(17-19-5-2-1-3-6-19)18-20-21(26-13-9-24-10-14-26)7-4-8-22(20)27-15-11-25-12-16-27/h1-8,24-25H,9-18H2,(H,29,30). The van der Waals surface area contributed by atoms with Gasteiger partial charge in [-0.3, -0.25) is 4.90 Å². The highest BCUT2D eigenvalue weighted by molar-refractivity contribution is 5.71. The highest BCUT2D eigenvalue weighted by atomic mass is 16.4. The van der Waals surface area contributed by atoms with Crippen molar-refractivity contribution in [3.63, 3.8) is 0 Å². The van der Waals surface area contributed by atoms with Gasteiger partial charge in [-0.1, -0.05) is 36.4 Å². The maximum atomic E-state index is 12.2. The van der Waals surface area contributed by atoms with Crippen LogP contribution in [0.2, 0.25) is 0 Å². The van der Waals surface area contributed by atoms with Gasteiger partial charge < -0.3 is 25.5 Å². The predicted molar refractivity (Wildman–Crippen MR) is 120 cm³/mol. The molecule has 2 aromatic carbocycles. The molecular formula is C23H31N5O2. The molecule has 7 heteroatoms. The largest absolute Gasteiger partial charge is 0.465 e. The van der Waals surface area contributed by atoms with Gasteiger partial charge in [-0.15, -0.1) is 0 Å². The van der Waals surface area contributed by atoms with Crippen LogP contribution in [-0.4, -0.2) is 68.5 Å². The van der Waals surface area contributed by atoms with Gasteiger partial charge in [0.25, 0.3) is 0 Å². The number of nitrogens with zero attached hydrogens (tertiary/aromatic N) is 3. The maximum Gasteiger partial charge on any atom is 0.407 e. The van der Waals surface area contributed by atoms with Crippen LogP contribution in [-0.2, 0) is 13.1 Å². The molecule has 0 atom stereocenters. The fourth-order valence-corrected chi connectivity index (χ4v) is 4.31. The first-order chi connectivity index (χ1) is 14.7. The molecule has 3 N–H and O–H groups in total. The smallest absolute Gasteiger partial charge is 0.407 e. The second-order valence-electron chi connectivity index (χ2n) is 7.87. The average Bonchev–Trinajstić information content (AvgIpc) is 2.80. The Morgan fingerprint density at radius 1 is 0.800 bits per heavy atom. The number of anilines is 2. The van der Waals surface area contributed by atoms with Crippen LogP contribution < -0.4 is 20.4 Å². The molecule has 160 valence electrons. The monoisotopic (exact) mass is 409 g/mol. The van der Waals surface area contributed by atoms with Crippen molar-refractivity contribution in [1.29, 1.82) is 0 Å². The van der Waals surface area contributed by atoms with Gasteiger partial charge in [-0.2, -0.15) is 0 Å². The molecule has 2 aliphatic rings. The van der Waals surface area contributed by atoms with Crippen molar-refractivity contribution in [3.05, 3.63) is 59.7 Å². The van der Waals surface area contributed by atoms with E-state index in [1.54, 1.807) is 0 Å². The van der Waals surface area contributed by atoms with Gasteiger partial charge in [0.1, 0.15) is 0 Å². The molecule has 1 amide bonds. The lowest BCUT2D eigenvalue weighted by molar-refractivity contribution is 0.139. The van der Waals surface area contributed by atoms with Crippen molar-refractivity contribution < 1.29 is 9.90 Å². The van der Waals surface area contributed by atoms with E-state index < -0.39 is 6.09 Å². The highest BCUT2D eigenvalue weighted by Crippen LogP contribution is 2.32. The van der Waals surface area contributed by atoms with Crippen LogP contribution in [0.15, 0.2) is 48.5 Å². The van der Waals surface area contributed by atoms with E-state index in [9.17, 15) is 9.90 Å². The summed E-state index contributed by atoms with van der Waals surface area (Å²) in [5.41, 5.74) is 4.43. The van der Waals surface area contributed by atoms with Crippen LogP contribution in [0.25, 0.3) is 0 Å². The summed E-state index contributed by atoms with van der Waals surface area (Å²) in [7, 11) is 0. The molecule has 2 heterocycles. The van der Waals surface area contributed by atoms with Gasteiger partial charge in [0.15, 0.2) is 0 Å². The van der Waals surface area contributed by atoms with Crippen LogP contribution >= 0.6 is 0 Å². The fraction of sp³-hybridized carbons (Fsp3) is 0.435. The van der Waals surface area contributed by atoms with Crippen LogP contribution in [0, 0.1) is 0 Å². The molecule has 0 unspecified atom stereocenters. The van der Waals surface area contributed by atoms with Gasteiger partial charge in [0.05, 0.1) is 6.54 Å². The Kier molecular flexibility index (Phi) is 6.71. The summed E-state index contributed by atoms with van der Waals surface area (Å²) in [5, 5.41) is 16.8. The van der Waals surface area contributed by atoms with Gasteiger partial charge in [0, 0.05) is 75.8 Å². The van der Waals surface area contributed by atoms with Gasteiger partial charge in [-0.25, -0.2) is 4.79 Å². The van der Waals surface area contributed by atoms with E-state index in [-0.39, 0.29) is 0 Å². The first-order valence-corrected chi connectivity index (χ1v) is 10.8. The molecule has 2 aliphatic heterocycles. The fourth-order valence-electron chi connectivity index (χ4n) is 4.31. The van der Waals surface area contributed by atoms with Crippen molar-refractivity contribution >= 4 is 17.5 Å². The molecule has 30 heavy (non-hydrogen) atoms. The lowest BCUT2D eigenvalue weighted by atomic mass is 10.1. The van der Waals surface area contributed by atoms with Gasteiger partial charge >= 0.3 is 6.09 Å². The Morgan fingerprint density at radius 3 is 1.83 bits per heavy atom. The van der Waals surface area contributed by atoms with Crippen LogP contribution in [0.4, 0.5) is 16.2 Å². The summed E-state index contributed by atoms with van der Waals surface area (Å²) in [6.45, 7) is 8.29. The third-order valence-corrected chi connectivity index (χ3v) is 5.88. The molecule has 0 spiro atoms. The molecule has 2 fully saturated rings. The number of piperazine rings is 2. The second-order valence-corrected chi connectivity index (χ2v) is 7.87. The molecule has 0 radical (unpaired) electrons. The first-order valence-electron chi connectivity index (χ1n) is 10.8. The van der Waals surface area contributed by atoms with E-state index in [0.29, 0.717) is 13.1 Å². The summed E-state index contributed by atoms with van der Waals surface area (Å²) in [4.78, 5) is 18.5. The van der Waals surface area contributed by atoms with E-state index >= 15 is 0 Å². The molecule has 7 nitrogen and oxygen atoms in total. The Hall–Kier alpha value is -2.77. The zero-order valence-corrected chi connectivity index (χ0v) is 17.4. The quantitative estimate of drug-likeness (QED) is 0.679. The predicted octanol–water partition coefficient (Wildman–Crippen LogP) is 2.19.